The second-order valence-electron chi connectivity index (χ2n) is 6.59. The lowest BCUT2D eigenvalue weighted by molar-refractivity contribution is -0.114. The summed E-state index contributed by atoms with van der Waals surface area (Å²) in [6.45, 7) is 6.21. The molecule has 7 heteroatoms. The van der Waals surface area contributed by atoms with Gasteiger partial charge in [-0.15, -0.1) is 0 Å². The van der Waals surface area contributed by atoms with Crippen LogP contribution in [0.3, 0.4) is 0 Å². The largest absolute Gasteiger partial charge is 0.368 e. The maximum absolute atomic E-state index is 12.5. The normalized spacial score (nSPS) is 14.0. The zero-order chi connectivity index (χ0) is 19.4. The first kappa shape index (κ1) is 19.0. The number of benzene rings is 2. The first-order valence-corrected chi connectivity index (χ1v) is 9.25. The first-order valence-electron chi connectivity index (χ1n) is 8.87. The molecular weight excluding hydrogens is 364 g/mol. The van der Waals surface area contributed by atoms with Crippen LogP contribution in [0.1, 0.15) is 12.5 Å². The highest BCUT2D eigenvalue weighted by Gasteiger charge is 2.21. The second kappa shape index (κ2) is 8.31. The molecule has 0 spiro atoms. The standard InChI is InChI=1S/C20H23ClN4O2/c1-14-13-16(21)3-8-19(14)23-20(27)25-11-9-24(10-12-25)18-6-4-17(5-7-18)22-15(2)26/h3-8,13H,9-12H2,1-2H3,(H,22,26)(H,23,27). The van der Waals surface area contributed by atoms with Crippen molar-refractivity contribution in [3.05, 3.63) is 53.1 Å². The van der Waals surface area contributed by atoms with Crippen molar-refractivity contribution < 1.29 is 9.59 Å². The SMILES string of the molecule is CC(=O)Nc1ccc(N2CCN(C(=O)Nc3ccc(Cl)cc3C)CC2)cc1. The van der Waals surface area contributed by atoms with Crippen LogP contribution in [0.5, 0.6) is 0 Å². The molecule has 2 N–H and O–H groups in total. The number of carbonyl (C=O) groups is 2. The Morgan fingerprint density at radius 3 is 2.22 bits per heavy atom. The van der Waals surface area contributed by atoms with E-state index in [1.54, 1.807) is 6.07 Å². The van der Waals surface area contributed by atoms with Crippen LogP contribution in [-0.2, 0) is 4.79 Å². The molecule has 2 aromatic carbocycles. The molecule has 1 aliphatic heterocycles. The van der Waals surface area contributed by atoms with Gasteiger partial charge in [0.1, 0.15) is 0 Å². The third-order valence-corrected chi connectivity index (χ3v) is 4.78. The number of urea groups is 1. The predicted octanol–water partition coefficient (Wildman–Crippen LogP) is 3.96. The lowest BCUT2D eigenvalue weighted by atomic mass is 10.2. The van der Waals surface area contributed by atoms with Crippen LogP contribution < -0.4 is 15.5 Å². The highest BCUT2D eigenvalue weighted by atomic mass is 35.5. The maximum atomic E-state index is 12.5. The number of hydrogen-bond donors (Lipinski definition) is 2. The van der Waals surface area contributed by atoms with Gasteiger partial charge in [-0.2, -0.15) is 0 Å². The Labute approximate surface area is 164 Å². The molecule has 0 radical (unpaired) electrons. The summed E-state index contributed by atoms with van der Waals surface area (Å²) in [7, 11) is 0. The molecule has 1 heterocycles. The Bertz CT molecular complexity index is 830. The number of anilines is 3. The van der Waals surface area contributed by atoms with E-state index in [1.165, 1.54) is 6.92 Å². The minimum Gasteiger partial charge on any atom is -0.368 e. The van der Waals surface area contributed by atoms with Gasteiger partial charge in [-0.25, -0.2) is 4.79 Å². The lowest BCUT2D eigenvalue weighted by Crippen LogP contribution is -2.50. The summed E-state index contributed by atoms with van der Waals surface area (Å²) < 4.78 is 0. The number of rotatable bonds is 3. The Morgan fingerprint density at radius 1 is 0.963 bits per heavy atom. The summed E-state index contributed by atoms with van der Waals surface area (Å²) in [6, 6.07) is 13.1. The van der Waals surface area contributed by atoms with Gasteiger partial charge in [0.15, 0.2) is 0 Å². The van der Waals surface area contributed by atoms with Crippen molar-refractivity contribution in [3.8, 4) is 0 Å². The van der Waals surface area contributed by atoms with E-state index in [9.17, 15) is 9.59 Å². The molecule has 6 nitrogen and oxygen atoms in total. The molecule has 3 rings (SSSR count). The number of carbonyl (C=O) groups excluding carboxylic acids is 2. The van der Waals surface area contributed by atoms with Gasteiger partial charge in [-0.3, -0.25) is 4.79 Å². The van der Waals surface area contributed by atoms with E-state index < -0.39 is 0 Å². The minimum absolute atomic E-state index is 0.0849. The highest BCUT2D eigenvalue weighted by molar-refractivity contribution is 6.30. The molecule has 0 bridgehead atoms. The maximum Gasteiger partial charge on any atom is 0.321 e. The van der Waals surface area contributed by atoms with Gasteiger partial charge in [-0.1, -0.05) is 11.6 Å². The summed E-state index contributed by atoms with van der Waals surface area (Å²) in [4.78, 5) is 27.7. The van der Waals surface area contributed by atoms with Crippen molar-refractivity contribution in [2.75, 3.05) is 41.7 Å². The van der Waals surface area contributed by atoms with Crippen LogP contribution >= 0.6 is 11.6 Å². The van der Waals surface area contributed by atoms with Gasteiger partial charge in [0.25, 0.3) is 0 Å². The fourth-order valence-electron chi connectivity index (χ4n) is 3.09. The molecule has 142 valence electrons. The van der Waals surface area contributed by atoms with Crippen LogP contribution in [0.25, 0.3) is 0 Å². The number of halogens is 1. The van der Waals surface area contributed by atoms with E-state index in [0.29, 0.717) is 18.1 Å². The van der Waals surface area contributed by atoms with Crippen molar-refractivity contribution in [1.82, 2.24) is 4.90 Å². The molecule has 0 atom stereocenters. The smallest absolute Gasteiger partial charge is 0.321 e. The van der Waals surface area contributed by atoms with Gasteiger partial charge in [0.2, 0.25) is 5.91 Å². The van der Waals surface area contributed by atoms with Crippen LogP contribution in [0.2, 0.25) is 5.02 Å². The Balaban J connectivity index is 1.55. The van der Waals surface area contributed by atoms with Crippen LogP contribution in [-0.4, -0.2) is 43.0 Å². The Kier molecular flexibility index (Phi) is 5.86. The molecule has 1 aliphatic rings. The van der Waals surface area contributed by atoms with E-state index in [1.807, 2.05) is 48.2 Å². The summed E-state index contributed by atoms with van der Waals surface area (Å²) in [5, 5.41) is 6.37. The van der Waals surface area contributed by atoms with Crippen LogP contribution in [0.15, 0.2) is 42.5 Å². The molecule has 0 unspecified atom stereocenters. The first-order chi connectivity index (χ1) is 12.9. The monoisotopic (exact) mass is 386 g/mol. The fourth-order valence-corrected chi connectivity index (χ4v) is 3.31. The lowest BCUT2D eigenvalue weighted by Gasteiger charge is -2.36. The van der Waals surface area contributed by atoms with Gasteiger partial charge >= 0.3 is 6.03 Å². The molecular formula is C20H23ClN4O2. The molecule has 2 aromatic rings. The van der Waals surface area contributed by atoms with Crippen molar-refractivity contribution in [2.45, 2.75) is 13.8 Å². The average Bonchev–Trinajstić information content (AvgIpc) is 2.64. The number of nitrogens with one attached hydrogen (secondary N) is 2. The number of amides is 3. The molecule has 0 aromatic heterocycles. The summed E-state index contributed by atoms with van der Waals surface area (Å²) in [6.07, 6.45) is 0. The summed E-state index contributed by atoms with van der Waals surface area (Å²) >= 11 is 5.96. The number of aryl methyl sites for hydroxylation is 1. The second-order valence-corrected chi connectivity index (χ2v) is 7.03. The van der Waals surface area contributed by atoms with Gasteiger partial charge in [-0.05, 0) is 55.0 Å². The number of hydrogen-bond acceptors (Lipinski definition) is 3. The highest BCUT2D eigenvalue weighted by Crippen LogP contribution is 2.22. The van der Waals surface area contributed by atoms with Gasteiger partial charge in [0, 0.05) is 55.2 Å². The Morgan fingerprint density at radius 2 is 1.63 bits per heavy atom. The quantitative estimate of drug-likeness (QED) is 0.839. The average molecular weight is 387 g/mol. The number of piperazine rings is 1. The van der Waals surface area contributed by atoms with Crippen LogP contribution in [0.4, 0.5) is 21.9 Å². The van der Waals surface area contributed by atoms with Crippen molar-refractivity contribution in [3.63, 3.8) is 0 Å². The van der Waals surface area contributed by atoms with E-state index in [2.05, 4.69) is 15.5 Å². The van der Waals surface area contributed by atoms with E-state index in [-0.39, 0.29) is 11.9 Å². The van der Waals surface area contributed by atoms with Crippen LogP contribution in [0, 0.1) is 6.92 Å². The van der Waals surface area contributed by atoms with Crippen molar-refractivity contribution in [1.29, 1.82) is 0 Å². The van der Waals surface area contributed by atoms with Crippen molar-refractivity contribution in [2.24, 2.45) is 0 Å². The van der Waals surface area contributed by atoms with E-state index in [4.69, 9.17) is 11.6 Å². The van der Waals surface area contributed by atoms with E-state index in [0.717, 1.165) is 35.7 Å². The molecule has 1 fully saturated rings. The fraction of sp³-hybridized carbons (Fsp3) is 0.300. The minimum atomic E-state index is -0.0962. The molecule has 0 aliphatic carbocycles. The summed E-state index contributed by atoms with van der Waals surface area (Å²) in [5.74, 6) is -0.0849. The van der Waals surface area contributed by atoms with Crippen molar-refractivity contribution >= 4 is 40.6 Å². The van der Waals surface area contributed by atoms with Gasteiger partial charge < -0.3 is 20.4 Å². The third kappa shape index (κ3) is 4.92. The molecule has 3 amide bonds. The Hall–Kier alpha value is -2.73. The molecule has 27 heavy (non-hydrogen) atoms. The molecule has 1 saturated heterocycles. The topological polar surface area (TPSA) is 64.7 Å². The summed E-state index contributed by atoms with van der Waals surface area (Å²) in [5.41, 5.74) is 3.58. The zero-order valence-corrected chi connectivity index (χ0v) is 16.2. The predicted molar refractivity (Wildman–Crippen MR) is 110 cm³/mol. The molecule has 0 saturated carbocycles. The van der Waals surface area contributed by atoms with E-state index >= 15 is 0 Å². The third-order valence-electron chi connectivity index (χ3n) is 4.55. The zero-order valence-electron chi connectivity index (χ0n) is 15.5. The number of nitrogens with zero attached hydrogens (tertiary/aromatic N) is 2. The van der Waals surface area contributed by atoms with Gasteiger partial charge in [0.05, 0.1) is 0 Å².